The minimum atomic E-state index is -0.495. The number of Topliss-reactive ketones (excluding diaryl/α,β-unsaturated/α-hetero) is 1. The lowest BCUT2D eigenvalue weighted by molar-refractivity contribution is -0.135. The summed E-state index contributed by atoms with van der Waals surface area (Å²) in [4.78, 5) is 27.3. The number of nitrogens with zero attached hydrogens (tertiary/aromatic N) is 1. The van der Waals surface area contributed by atoms with Crippen LogP contribution in [-0.4, -0.2) is 29.7 Å². The van der Waals surface area contributed by atoms with Crippen molar-refractivity contribution >= 4 is 11.7 Å². The van der Waals surface area contributed by atoms with Gasteiger partial charge in [-0.25, -0.2) is 0 Å². The lowest BCUT2D eigenvalue weighted by Crippen LogP contribution is -2.42. The molecule has 1 atom stereocenters. The Kier molecular flexibility index (Phi) is 5.97. The van der Waals surface area contributed by atoms with Crippen molar-refractivity contribution in [3.8, 4) is 0 Å². The number of hydrogen-bond acceptors (Lipinski definition) is 2. The number of benzene rings is 1. The summed E-state index contributed by atoms with van der Waals surface area (Å²) >= 11 is 0. The van der Waals surface area contributed by atoms with Gasteiger partial charge in [0.05, 0.1) is 0 Å². The number of ketones is 1. The van der Waals surface area contributed by atoms with Gasteiger partial charge in [-0.3, -0.25) is 9.59 Å². The maximum atomic E-state index is 12.7. The number of hydrogen-bond donors (Lipinski definition) is 0. The molecular weight excluding hydrogens is 262 g/mol. The first kappa shape index (κ1) is 15.7. The van der Waals surface area contributed by atoms with Crippen LogP contribution in [0.3, 0.4) is 0 Å². The highest BCUT2D eigenvalue weighted by Crippen LogP contribution is 2.20. The second-order valence-electron chi connectivity index (χ2n) is 5.81. The molecule has 1 amide bonds. The quantitative estimate of drug-likeness (QED) is 0.591. The zero-order valence-corrected chi connectivity index (χ0v) is 12.9. The summed E-state index contributed by atoms with van der Waals surface area (Å²) in [6.07, 6.45) is 5.90. The van der Waals surface area contributed by atoms with Crippen molar-refractivity contribution < 1.29 is 9.59 Å². The molecule has 1 aliphatic heterocycles. The topological polar surface area (TPSA) is 37.4 Å². The van der Waals surface area contributed by atoms with Crippen molar-refractivity contribution in [3.63, 3.8) is 0 Å². The van der Waals surface area contributed by atoms with Crippen molar-refractivity contribution in [2.75, 3.05) is 13.1 Å². The molecule has 1 heterocycles. The normalized spacial score (nSPS) is 16.5. The summed E-state index contributed by atoms with van der Waals surface area (Å²) in [7, 11) is 0. The van der Waals surface area contributed by atoms with Crippen LogP contribution in [0, 0.1) is 5.92 Å². The average molecular weight is 287 g/mol. The Morgan fingerprint density at radius 2 is 1.76 bits per heavy atom. The number of carbonyl (C=O) groups is 2. The largest absolute Gasteiger partial charge is 0.342 e. The SMILES string of the molecule is CCCCC(C(=O)c1ccccc1)C(=O)N1CCCCC1. The number of rotatable bonds is 6. The molecule has 0 saturated carbocycles. The van der Waals surface area contributed by atoms with E-state index in [1.54, 1.807) is 0 Å². The van der Waals surface area contributed by atoms with E-state index in [-0.39, 0.29) is 11.7 Å². The highest BCUT2D eigenvalue weighted by molar-refractivity contribution is 6.10. The Balaban J connectivity index is 2.13. The predicted octanol–water partition coefficient (Wildman–Crippen LogP) is 3.69. The molecule has 2 rings (SSSR count). The van der Waals surface area contributed by atoms with Crippen LogP contribution in [0.1, 0.15) is 55.8 Å². The summed E-state index contributed by atoms with van der Waals surface area (Å²) in [6.45, 7) is 3.71. The first-order valence-electron chi connectivity index (χ1n) is 8.12. The maximum absolute atomic E-state index is 12.7. The average Bonchev–Trinajstić information content (AvgIpc) is 2.56. The molecule has 0 radical (unpaired) electrons. The van der Waals surface area contributed by atoms with Crippen molar-refractivity contribution in [2.45, 2.75) is 45.4 Å². The van der Waals surface area contributed by atoms with Crippen LogP contribution < -0.4 is 0 Å². The van der Waals surface area contributed by atoms with Gasteiger partial charge in [0.2, 0.25) is 5.91 Å². The van der Waals surface area contributed by atoms with E-state index in [4.69, 9.17) is 0 Å². The molecule has 0 spiro atoms. The lowest BCUT2D eigenvalue weighted by atomic mass is 9.91. The third kappa shape index (κ3) is 4.16. The molecule has 1 aliphatic rings. The Hall–Kier alpha value is -1.64. The van der Waals surface area contributed by atoms with Crippen LogP contribution in [0.4, 0.5) is 0 Å². The first-order valence-corrected chi connectivity index (χ1v) is 8.12. The Morgan fingerprint density at radius 1 is 1.10 bits per heavy atom. The van der Waals surface area contributed by atoms with Gasteiger partial charge in [0.1, 0.15) is 5.92 Å². The van der Waals surface area contributed by atoms with Crippen LogP contribution in [-0.2, 0) is 4.79 Å². The number of amides is 1. The highest BCUT2D eigenvalue weighted by Gasteiger charge is 2.31. The first-order chi connectivity index (χ1) is 10.2. The van der Waals surface area contributed by atoms with Gasteiger partial charge >= 0.3 is 0 Å². The van der Waals surface area contributed by atoms with E-state index in [0.717, 1.165) is 38.8 Å². The van der Waals surface area contributed by atoms with Crippen molar-refractivity contribution in [3.05, 3.63) is 35.9 Å². The van der Waals surface area contributed by atoms with E-state index in [9.17, 15) is 9.59 Å². The zero-order chi connectivity index (χ0) is 15.1. The van der Waals surface area contributed by atoms with Crippen molar-refractivity contribution in [1.29, 1.82) is 0 Å². The summed E-state index contributed by atoms with van der Waals surface area (Å²) < 4.78 is 0. The van der Waals surface area contributed by atoms with Crippen LogP contribution >= 0.6 is 0 Å². The highest BCUT2D eigenvalue weighted by atomic mass is 16.2. The van der Waals surface area contributed by atoms with Gasteiger partial charge in [0, 0.05) is 18.7 Å². The van der Waals surface area contributed by atoms with Gasteiger partial charge < -0.3 is 4.90 Å². The minimum absolute atomic E-state index is 0.0142. The fourth-order valence-electron chi connectivity index (χ4n) is 2.91. The van der Waals surface area contributed by atoms with E-state index < -0.39 is 5.92 Å². The molecule has 114 valence electrons. The fraction of sp³-hybridized carbons (Fsp3) is 0.556. The molecule has 0 bridgehead atoms. The number of likely N-dealkylation sites (tertiary alicyclic amines) is 1. The third-order valence-corrected chi connectivity index (χ3v) is 4.19. The molecule has 1 saturated heterocycles. The molecule has 0 aromatic heterocycles. The van der Waals surface area contributed by atoms with Crippen molar-refractivity contribution in [1.82, 2.24) is 4.90 Å². The van der Waals surface area contributed by atoms with Crippen LogP contribution in [0.25, 0.3) is 0 Å². The monoisotopic (exact) mass is 287 g/mol. The van der Waals surface area contributed by atoms with E-state index in [0.29, 0.717) is 12.0 Å². The third-order valence-electron chi connectivity index (χ3n) is 4.19. The van der Waals surface area contributed by atoms with E-state index in [1.807, 2.05) is 35.2 Å². The molecule has 0 N–H and O–H groups in total. The molecule has 0 aliphatic carbocycles. The van der Waals surface area contributed by atoms with Crippen LogP contribution in [0.2, 0.25) is 0 Å². The summed E-state index contributed by atoms with van der Waals surface area (Å²) in [5.74, 6) is -0.470. The van der Waals surface area contributed by atoms with E-state index >= 15 is 0 Å². The van der Waals surface area contributed by atoms with Gasteiger partial charge in [0.25, 0.3) is 0 Å². The van der Waals surface area contributed by atoms with Gasteiger partial charge in [-0.15, -0.1) is 0 Å². The van der Waals surface area contributed by atoms with E-state index in [2.05, 4.69) is 6.92 Å². The molecule has 3 nitrogen and oxygen atoms in total. The molecule has 21 heavy (non-hydrogen) atoms. The number of carbonyl (C=O) groups excluding carboxylic acids is 2. The smallest absolute Gasteiger partial charge is 0.233 e. The molecule has 1 aromatic carbocycles. The van der Waals surface area contributed by atoms with Crippen LogP contribution in [0.15, 0.2) is 30.3 Å². The standard InChI is InChI=1S/C18H25NO2/c1-2-3-12-16(17(20)15-10-6-4-7-11-15)18(21)19-13-8-5-9-14-19/h4,6-7,10-11,16H,2-3,5,8-9,12-14H2,1H3. The minimum Gasteiger partial charge on any atom is -0.342 e. The predicted molar refractivity (Wildman–Crippen MR) is 84.2 cm³/mol. The van der Waals surface area contributed by atoms with Crippen molar-refractivity contribution in [2.24, 2.45) is 5.92 Å². The fourth-order valence-corrected chi connectivity index (χ4v) is 2.91. The molecule has 3 heteroatoms. The van der Waals surface area contributed by atoms with Gasteiger partial charge in [-0.05, 0) is 25.7 Å². The Labute approximate surface area is 127 Å². The van der Waals surface area contributed by atoms with Gasteiger partial charge in [0.15, 0.2) is 5.78 Å². The Morgan fingerprint density at radius 3 is 2.38 bits per heavy atom. The summed E-state index contributed by atoms with van der Waals surface area (Å²) in [5, 5.41) is 0. The Bertz CT molecular complexity index is 463. The maximum Gasteiger partial charge on any atom is 0.233 e. The van der Waals surface area contributed by atoms with E-state index in [1.165, 1.54) is 6.42 Å². The second kappa shape index (κ2) is 7.96. The van der Waals surface area contributed by atoms with Gasteiger partial charge in [-0.2, -0.15) is 0 Å². The second-order valence-corrected chi connectivity index (χ2v) is 5.81. The number of unbranched alkanes of at least 4 members (excludes halogenated alkanes) is 1. The molecule has 1 aromatic rings. The summed E-state index contributed by atoms with van der Waals surface area (Å²) in [5.41, 5.74) is 0.656. The van der Waals surface area contributed by atoms with Gasteiger partial charge in [-0.1, -0.05) is 50.1 Å². The molecular formula is C18H25NO2. The molecule has 1 unspecified atom stereocenters. The lowest BCUT2D eigenvalue weighted by Gasteiger charge is -2.30. The zero-order valence-electron chi connectivity index (χ0n) is 12.9. The molecule has 1 fully saturated rings. The summed E-state index contributed by atoms with van der Waals surface area (Å²) in [6, 6.07) is 9.23. The number of piperidine rings is 1. The van der Waals surface area contributed by atoms with Crippen LogP contribution in [0.5, 0.6) is 0 Å².